The molecule has 1 fully saturated rings. The molecule has 1 saturated heterocycles. The molecule has 0 radical (unpaired) electrons. The van der Waals surface area contributed by atoms with Crippen molar-refractivity contribution < 1.29 is 5.11 Å². The molecule has 2 aromatic heterocycles. The van der Waals surface area contributed by atoms with E-state index in [1.165, 1.54) is 27.5 Å². The molecule has 6 rings (SSSR count). The number of β-amino-alcohol motifs (C(OH)–C–C–N with tert-alkyl or cyclic N) is 1. The maximum absolute atomic E-state index is 11.1. The lowest BCUT2D eigenvalue weighted by Gasteiger charge is -2.39. The first kappa shape index (κ1) is 16.3. The molecule has 1 aliphatic carbocycles. The van der Waals surface area contributed by atoms with Crippen LogP contribution in [-0.4, -0.2) is 39.2 Å². The molecule has 2 N–H and O–H groups in total. The zero-order chi connectivity index (χ0) is 18.7. The number of hydrogen-bond acceptors (Lipinski definition) is 3. The van der Waals surface area contributed by atoms with Crippen molar-refractivity contribution >= 4 is 21.8 Å². The molecule has 0 amide bonds. The molecule has 140 valence electrons. The van der Waals surface area contributed by atoms with Crippen LogP contribution >= 0.6 is 0 Å². The van der Waals surface area contributed by atoms with E-state index in [4.69, 9.17) is 0 Å². The van der Waals surface area contributed by atoms with Crippen LogP contribution in [0.2, 0.25) is 0 Å². The zero-order valence-electron chi connectivity index (χ0n) is 15.7. The van der Waals surface area contributed by atoms with Gasteiger partial charge in [0.1, 0.15) is 5.65 Å². The van der Waals surface area contributed by atoms with Crippen molar-refractivity contribution in [3.8, 4) is 0 Å². The summed E-state index contributed by atoms with van der Waals surface area (Å²) in [6.07, 6.45) is 5.49. The topological polar surface area (TPSA) is 52.1 Å². The van der Waals surface area contributed by atoms with Crippen LogP contribution in [0.25, 0.3) is 21.8 Å². The number of H-pyrrole nitrogens is 1. The minimum Gasteiger partial charge on any atom is -0.391 e. The number of pyridine rings is 1. The van der Waals surface area contributed by atoms with Gasteiger partial charge in [0.25, 0.3) is 0 Å². The third-order valence-corrected chi connectivity index (χ3v) is 6.73. The first-order valence-electron chi connectivity index (χ1n) is 10.1. The zero-order valence-corrected chi connectivity index (χ0v) is 15.7. The Hall–Kier alpha value is -2.69. The summed E-state index contributed by atoms with van der Waals surface area (Å²) >= 11 is 0. The van der Waals surface area contributed by atoms with Crippen molar-refractivity contribution in [2.75, 3.05) is 13.1 Å². The van der Waals surface area contributed by atoms with Crippen molar-refractivity contribution in [1.82, 2.24) is 14.9 Å². The number of likely N-dealkylation sites (tertiary alicyclic amines) is 1. The Bertz CT molecular complexity index is 1180. The lowest BCUT2D eigenvalue weighted by atomic mass is 9.86. The molecule has 0 spiro atoms. The smallest absolute Gasteiger partial charge is 0.137 e. The summed E-state index contributed by atoms with van der Waals surface area (Å²) in [5, 5.41) is 15.0. The van der Waals surface area contributed by atoms with Gasteiger partial charge in [-0.15, -0.1) is 0 Å². The fourth-order valence-electron chi connectivity index (χ4n) is 5.43. The normalized spacial score (nSPS) is 25.0. The average Bonchev–Trinajstić information content (AvgIpc) is 3.32. The highest BCUT2D eigenvalue weighted by Crippen LogP contribution is 2.42. The van der Waals surface area contributed by atoms with E-state index in [1.54, 1.807) is 6.20 Å². The highest BCUT2D eigenvalue weighted by molar-refractivity contribution is 5.91. The standard InChI is InChI=1S/C24H23N3O/c28-22-14-27(11-9-17(22)20-13-26-24-18(20)8-3-10-25-24)21-12-16-6-1-4-15-5-2-7-19(21)23(15)16/h1-8,10,13,17,21-22,28H,9,11-12,14H2,(H,25,26). The van der Waals surface area contributed by atoms with E-state index >= 15 is 0 Å². The summed E-state index contributed by atoms with van der Waals surface area (Å²) in [6.45, 7) is 1.72. The van der Waals surface area contributed by atoms with Crippen LogP contribution < -0.4 is 0 Å². The molecule has 4 aromatic rings. The predicted molar refractivity (Wildman–Crippen MR) is 111 cm³/mol. The first-order valence-corrected chi connectivity index (χ1v) is 10.1. The van der Waals surface area contributed by atoms with Crippen LogP contribution in [0.3, 0.4) is 0 Å². The third-order valence-electron chi connectivity index (χ3n) is 6.73. The largest absolute Gasteiger partial charge is 0.391 e. The Morgan fingerprint density at radius 1 is 1.04 bits per heavy atom. The molecule has 4 nitrogen and oxygen atoms in total. The summed E-state index contributed by atoms with van der Waals surface area (Å²) in [7, 11) is 0. The fourth-order valence-corrected chi connectivity index (χ4v) is 5.43. The number of aromatic nitrogens is 2. The van der Waals surface area contributed by atoms with Gasteiger partial charge in [0, 0.05) is 36.3 Å². The second kappa shape index (κ2) is 6.16. The monoisotopic (exact) mass is 369 g/mol. The second-order valence-corrected chi connectivity index (χ2v) is 8.18. The van der Waals surface area contributed by atoms with Crippen molar-refractivity contribution in [3.05, 3.63) is 77.6 Å². The van der Waals surface area contributed by atoms with E-state index in [-0.39, 0.29) is 12.0 Å². The molecular weight excluding hydrogens is 346 g/mol. The lowest BCUT2D eigenvalue weighted by molar-refractivity contribution is 0.0307. The number of nitrogens with one attached hydrogen (secondary N) is 1. The van der Waals surface area contributed by atoms with Crippen molar-refractivity contribution in [2.24, 2.45) is 0 Å². The molecule has 3 heterocycles. The maximum Gasteiger partial charge on any atom is 0.137 e. The van der Waals surface area contributed by atoms with Crippen LogP contribution in [0.4, 0.5) is 0 Å². The van der Waals surface area contributed by atoms with Crippen LogP contribution in [0.15, 0.2) is 60.9 Å². The quantitative estimate of drug-likeness (QED) is 0.558. The van der Waals surface area contributed by atoms with Crippen LogP contribution in [0.5, 0.6) is 0 Å². The number of piperidine rings is 1. The fraction of sp³-hybridized carbons (Fsp3) is 0.292. The van der Waals surface area contributed by atoms with Gasteiger partial charge in [0.2, 0.25) is 0 Å². The van der Waals surface area contributed by atoms with Gasteiger partial charge >= 0.3 is 0 Å². The second-order valence-electron chi connectivity index (χ2n) is 8.18. The molecule has 1 aliphatic heterocycles. The van der Waals surface area contributed by atoms with Gasteiger partial charge in [0.15, 0.2) is 0 Å². The molecule has 3 atom stereocenters. The average molecular weight is 369 g/mol. The minimum absolute atomic E-state index is 0.161. The Balaban J connectivity index is 1.29. The van der Waals surface area contributed by atoms with Crippen molar-refractivity contribution in [1.29, 1.82) is 0 Å². The molecule has 2 aliphatic rings. The summed E-state index contributed by atoms with van der Waals surface area (Å²) in [5.41, 5.74) is 4.98. The van der Waals surface area contributed by atoms with Crippen molar-refractivity contribution in [3.63, 3.8) is 0 Å². The summed E-state index contributed by atoms with van der Waals surface area (Å²) in [6, 6.07) is 17.7. The number of rotatable bonds is 2. The van der Waals surface area contributed by atoms with E-state index in [0.717, 1.165) is 30.4 Å². The number of aliphatic hydroxyl groups excluding tert-OH is 1. The van der Waals surface area contributed by atoms with Gasteiger partial charge in [-0.05, 0) is 59.0 Å². The van der Waals surface area contributed by atoms with Crippen LogP contribution in [0, 0.1) is 0 Å². The number of aromatic amines is 1. The highest BCUT2D eigenvalue weighted by Gasteiger charge is 2.36. The van der Waals surface area contributed by atoms with Crippen LogP contribution in [0.1, 0.15) is 35.1 Å². The highest BCUT2D eigenvalue weighted by atomic mass is 16.3. The Morgan fingerprint density at radius 3 is 2.82 bits per heavy atom. The summed E-state index contributed by atoms with van der Waals surface area (Å²) in [5.74, 6) is 0.161. The van der Waals surface area contributed by atoms with E-state index in [0.29, 0.717) is 12.6 Å². The van der Waals surface area contributed by atoms with Gasteiger partial charge < -0.3 is 10.1 Å². The predicted octanol–water partition coefficient (Wildman–Crippen LogP) is 4.16. The Kier molecular flexibility index (Phi) is 3.58. The number of aliphatic hydroxyl groups is 1. The van der Waals surface area contributed by atoms with Gasteiger partial charge in [-0.2, -0.15) is 0 Å². The van der Waals surface area contributed by atoms with Gasteiger partial charge in [0.05, 0.1) is 6.10 Å². The number of benzene rings is 2. The minimum atomic E-state index is -0.365. The molecule has 28 heavy (non-hydrogen) atoms. The van der Waals surface area contributed by atoms with E-state index in [2.05, 4.69) is 57.3 Å². The van der Waals surface area contributed by atoms with Gasteiger partial charge in [-0.3, -0.25) is 4.90 Å². The van der Waals surface area contributed by atoms with E-state index < -0.39 is 0 Å². The van der Waals surface area contributed by atoms with E-state index in [1.807, 2.05) is 12.3 Å². The lowest BCUT2D eigenvalue weighted by Crippen LogP contribution is -2.44. The summed E-state index contributed by atoms with van der Waals surface area (Å²) < 4.78 is 0. The molecule has 4 heteroatoms. The molecular formula is C24H23N3O. The Morgan fingerprint density at radius 2 is 1.93 bits per heavy atom. The van der Waals surface area contributed by atoms with Crippen LogP contribution in [-0.2, 0) is 6.42 Å². The number of hydrogen-bond donors (Lipinski definition) is 2. The van der Waals surface area contributed by atoms with Gasteiger partial charge in [-0.25, -0.2) is 4.98 Å². The molecule has 3 unspecified atom stereocenters. The SMILES string of the molecule is OC1CN(C2Cc3cccc4cccc2c34)CCC1c1c[nH]c2ncccc12. The Labute approximate surface area is 163 Å². The summed E-state index contributed by atoms with van der Waals surface area (Å²) in [4.78, 5) is 10.1. The number of fused-ring (bicyclic) bond motifs is 1. The number of nitrogens with zero attached hydrogens (tertiary/aromatic N) is 2. The first-order chi connectivity index (χ1) is 13.8. The third kappa shape index (κ3) is 2.35. The maximum atomic E-state index is 11.1. The van der Waals surface area contributed by atoms with Gasteiger partial charge in [-0.1, -0.05) is 36.4 Å². The van der Waals surface area contributed by atoms with Crippen molar-refractivity contribution in [2.45, 2.75) is 30.9 Å². The van der Waals surface area contributed by atoms with E-state index in [9.17, 15) is 5.11 Å². The molecule has 0 saturated carbocycles. The molecule has 2 aromatic carbocycles. The molecule has 0 bridgehead atoms.